The van der Waals surface area contributed by atoms with E-state index in [0.29, 0.717) is 11.0 Å². The molecule has 6 nitrogen and oxygen atoms in total. The average molecular weight is 180 g/mol. The minimum absolute atomic E-state index is 0.277. The molecule has 2 aromatic rings. The van der Waals surface area contributed by atoms with Gasteiger partial charge in [-0.2, -0.15) is 0 Å². The molecule has 0 bridgehead atoms. The number of hydrogen-bond acceptors (Lipinski definition) is 3. The first-order valence-corrected chi connectivity index (χ1v) is 3.75. The molecule has 0 unspecified atom stereocenters. The molecule has 6 heteroatoms. The molecule has 0 atom stereocenters. The summed E-state index contributed by atoms with van der Waals surface area (Å²) in [5, 5.41) is 0. The second-order valence-electron chi connectivity index (χ2n) is 2.68. The summed E-state index contributed by atoms with van der Waals surface area (Å²) in [6, 6.07) is 0. The molecule has 0 aliphatic carbocycles. The van der Waals surface area contributed by atoms with Crippen LogP contribution in [-0.4, -0.2) is 15.0 Å². The van der Waals surface area contributed by atoms with E-state index in [9.17, 15) is 9.59 Å². The molecule has 13 heavy (non-hydrogen) atoms. The van der Waals surface area contributed by atoms with Crippen LogP contribution in [0.1, 0.15) is 5.56 Å². The maximum absolute atomic E-state index is 11.2. The van der Waals surface area contributed by atoms with Crippen LogP contribution in [-0.2, 0) is 6.54 Å². The predicted octanol–water partition coefficient (Wildman–Crippen LogP) is -0.997. The minimum atomic E-state index is -0.521. The van der Waals surface area contributed by atoms with Crippen molar-refractivity contribution in [2.75, 3.05) is 0 Å². The molecule has 0 fully saturated rings. The summed E-state index contributed by atoms with van der Waals surface area (Å²) in [6.45, 7) is 0.277. The van der Waals surface area contributed by atoms with E-state index in [4.69, 9.17) is 5.73 Å². The number of aromatic amines is 3. The summed E-state index contributed by atoms with van der Waals surface area (Å²) in [5.74, 6) is 0. The SMILES string of the molecule is NCc1c[nH]c2c(=O)[nH]c(=O)[nH]c12. The lowest BCUT2D eigenvalue weighted by atomic mass is 10.3. The van der Waals surface area contributed by atoms with Crippen molar-refractivity contribution in [2.45, 2.75) is 6.54 Å². The van der Waals surface area contributed by atoms with Gasteiger partial charge in [-0.25, -0.2) is 4.79 Å². The highest BCUT2D eigenvalue weighted by Crippen LogP contribution is 2.08. The van der Waals surface area contributed by atoms with Gasteiger partial charge >= 0.3 is 5.69 Å². The third-order valence-corrected chi connectivity index (χ3v) is 1.87. The molecule has 0 aromatic carbocycles. The van der Waals surface area contributed by atoms with Crippen molar-refractivity contribution in [3.8, 4) is 0 Å². The van der Waals surface area contributed by atoms with Crippen molar-refractivity contribution < 1.29 is 0 Å². The van der Waals surface area contributed by atoms with E-state index in [1.807, 2.05) is 0 Å². The second-order valence-corrected chi connectivity index (χ2v) is 2.68. The van der Waals surface area contributed by atoms with Gasteiger partial charge in [0.2, 0.25) is 0 Å². The van der Waals surface area contributed by atoms with Crippen molar-refractivity contribution in [3.63, 3.8) is 0 Å². The fourth-order valence-corrected chi connectivity index (χ4v) is 1.26. The van der Waals surface area contributed by atoms with Crippen LogP contribution in [0.25, 0.3) is 11.0 Å². The van der Waals surface area contributed by atoms with Crippen LogP contribution in [0.15, 0.2) is 15.8 Å². The molecule has 0 saturated heterocycles. The summed E-state index contributed by atoms with van der Waals surface area (Å²) in [6.07, 6.45) is 1.61. The fraction of sp³-hybridized carbons (Fsp3) is 0.143. The highest BCUT2D eigenvalue weighted by atomic mass is 16.2. The lowest BCUT2D eigenvalue weighted by molar-refractivity contribution is 1.05. The summed E-state index contributed by atoms with van der Waals surface area (Å²) < 4.78 is 0. The second kappa shape index (κ2) is 2.60. The number of aromatic nitrogens is 3. The Bertz CT molecular complexity index is 547. The van der Waals surface area contributed by atoms with Crippen LogP contribution in [0, 0.1) is 0 Å². The first-order chi connectivity index (χ1) is 6.22. The van der Waals surface area contributed by atoms with Gasteiger partial charge in [0, 0.05) is 18.3 Å². The predicted molar refractivity (Wildman–Crippen MR) is 47.4 cm³/mol. The van der Waals surface area contributed by atoms with Crippen molar-refractivity contribution in [1.29, 1.82) is 0 Å². The van der Waals surface area contributed by atoms with E-state index in [-0.39, 0.29) is 6.54 Å². The first-order valence-electron chi connectivity index (χ1n) is 3.75. The van der Waals surface area contributed by atoms with Gasteiger partial charge in [-0.3, -0.25) is 9.78 Å². The number of nitrogens with one attached hydrogen (secondary N) is 3. The van der Waals surface area contributed by atoms with Gasteiger partial charge < -0.3 is 15.7 Å². The Morgan fingerprint density at radius 1 is 1.23 bits per heavy atom. The molecule has 0 aliphatic heterocycles. The van der Waals surface area contributed by atoms with E-state index in [2.05, 4.69) is 15.0 Å². The Hall–Kier alpha value is -1.82. The number of H-pyrrole nitrogens is 3. The van der Waals surface area contributed by atoms with E-state index >= 15 is 0 Å². The molecular weight excluding hydrogens is 172 g/mol. The van der Waals surface area contributed by atoms with Gasteiger partial charge in [0.25, 0.3) is 5.56 Å². The van der Waals surface area contributed by atoms with Crippen molar-refractivity contribution in [3.05, 3.63) is 32.6 Å². The molecule has 0 saturated carbocycles. The first kappa shape index (κ1) is 7.81. The van der Waals surface area contributed by atoms with Crippen LogP contribution in [0.4, 0.5) is 0 Å². The molecular formula is C7H8N4O2. The molecule has 0 radical (unpaired) electrons. The third-order valence-electron chi connectivity index (χ3n) is 1.87. The van der Waals surface area contributed by atoms with Crippen molar-refractivity contribution in [2.24, 2.45) is 5.73 Å². The van der Waals surface area contributed by atoms with Gasteiger partial charge in [-0.05, 0) is 0 Å². The summed E-state index contributed by atoms with van der Waals surface area (Å²) in [5.41, 5.74) is 6.00. The lowest BCUT2D eigenvalue weighted by Gasteiger charge is -1.91. The Balaban J connectivity index is 2.98. The molecule has 2 rings (SSSR count). The largest absolute Gasteiger partial charge is 0.355 e. The maximum Gasteiger partial charge on any atom is 0.326 e. The highest BCUT2D eigenvalue weighted by molar-refractivity contribution is 5.77. The van der Waals surface area contributed by atoms with Gasteiger partial charge in [0.15, 0.2) is 0 Å². The monoisotopic (exact) mass is 180 g/mol. The molecule has 0 aliphatic rings. The smallest absolute Gasteiger partial charge is 0.326 e. The number of fused-ring (bicyclic) bond motifs is 1. The van der Waals surface area contributed by atoms with Gasteiger partial charge in [0.05, 0.1) is 5.52 Å². The van der Waals surface area contributed by atoms with E-state index in [0.717, 1.165) is 5.56 Å². The molecule has 2 aromatic heterocycles. The zero-order chi connectivity index (χ0) is 9.42. The van der Waals surface area contributed by atoms with Gasteiger partial charge in [-0.1, -0.05) is 0 Å². The number of rotatable bonds is 1. The highest BCUT2D eigenvalue weighted by Gasteiger charge is 2.05. The van der Waals surface area contributed by atoms with Crippen LogP contribution >= 0.6 is 0 Å². The van der Waals surface area contributed by atoms with Gasteiger partial charge in [-0.15, -0.1) is 0 Å². The van der Waals surface area contributed by atoms with Crippen LogP contribution in [0.2, 0.25) is 0 Å². The number of nitrogens with two attached hydrogens (primary N) is 1. The molecule has 5 N–H and O–H groups in total. The fourth-order valence-electron chi connectivity index (χ4n) is 1.26. The quantitative estimate of drug-likeness (QED) is 0.452. The van der Waals surface area contributed by atoms with Gasteiger partial charge in [0.1, 0.15) is 5.52 Å². The van der Waals surface area contributed by atoms with E-state index < -0.39 is 11.2 Å². The summed E-state index contributed by atoms with van der Waals surface area (Å²) in [4.78, 5) is 29.4. The maximum atomic E-state index is 11.2. The summed E-state index contributed by atoms with van der Waals surface area (Å²) >= 11 is 0. The zero-order valence-corrected chi connectivity index (χ0v) is 6.68. The molecule has 0 amide bonds. The zero-order valence-electron chi connectivity index (χ0n) is 6.68. The summed E-state index contributed by atoms with van der Waals surface area (Å²) in [7, 11) is 0. The Morgan fingerprint density at radius 2 is 2.00 bits per heavy atom. The van der Waals surface area contributed by atoms with E-state index in [1.165, 1.54) is 0 Å². The molecule has 2 heterocycles. The molecule has 68 valence electrons. The average Bonchev–Trinajstić information content (AvgIpc) is 2.47. The third kappa shape index (κ3) is 1.07. The Kier molecular flexibility index (Phi) is 1.56. The van der Waals surface area contributed by atoms with Crippen molar-refractivity contribution >= 4 is 11.0 Å². The standard InChI is InChI=1S/C7H8N4O2/c8-1-3-2-9-5-4(3)10-7(13)11-6(5)12/h2,9H,1,8H2,(H2,10,11,12,13). The molecule has 0 spiro atoms. The normalized spacial score (nSPS) is 10.8. The van der Waals surface area contributed by atoms with Crippen LogP contribution < -0.4 is 17.0 Å². The Labute approximate surface area is 71.8 Å². The lowest BCUT2D eigenvalue weighted by Crippen LogP contribution is -2.21. The van der Waals surface area contributed by atoms with Crippen LogP contribution in [0.3, 0.4) is 0 Å². The van der Waals surface area contributed by atoms with E-state index in [1.54, 1.807) is 6.20 Å². The van der Waals surface area contributed by atoms with Crippen molar-refractivity contribution in [1.82, 2.24) is 15.0 Å². The van der Waals surface area contributed by atoms with Crippen LogP contribution in [0.5, 0.6) is 0 Å². The minimum Gasteiger partial charge on any atom is -0.355 e. The topological polar surface area (TPSA) is 108 Å². The Morgan fingerprint density at radius 3 is 2.69 bits per heavy atom. The number of hydrogen-bond donors (Lipinski definition) is 4.